The van der Waals surface area contributed by atoms with E-state index in [0.717, 1.165) is 22.0 Å². The summed E-state index contributed by atoms with van der Waals surface area (Å²) in [4.78, 5) is 1.25. The van der Waals surface area contributed by atoms with Crippen LogP contribution in [-0.2, 0) is 0 Å². The monoisotopic (exact) mass is 361 g/mol. The van der Waals surface area contributed by atoms with Gasteiger partial charge in [0, 0.05) is 10.5 Å². The summed E-state index contributed by atoms with van der Waals surface area (Å²) in [6.45, 7) is 0. The normalized spacial score (nSPS) is 21.1. The number of hydrogen-bond acceptors (Lipinski definition) is 5. The zero-order valence-corrected chi connectivity index (χ0v) is 14.9. The zero-order valence-electron chi connectivity index (χ0n) is 13.3. The lowest BCUT2D eigenvalue weighted by atomic mass is 10.2. The molecule has 0 saturated carbocycles. The van der Waals surface area contributed by atoms with Crippen molar-refractivity contribution in [2.24, 2.45) is 5.10 Å². The molecule has 0 radical (unpaired) electrons. The molecule has 1 spiro atoms. The number of rotatable bonds is 2. The van der Waals surface area contributed by atoms with Crippen LogP contribution in [0.25, 0.3) is 0 Å². The molecule has 3 aromatic carbocycles. The van der Waals surface area contributed by atoms with Gasteiger partial charge in [-0.3, -0.25) is 0 Å². The molecule has 1 atom stereocenters. The maximum atomic E-state index is 4.98. The van der Waals surface area contributed by atoms with Gasteiger partial charge in [-0.05, 0) is 36.0 Å². The third-order valence-electron chi connectivity index (χ3n) is 4.15. The average Bonchev–Trinajstić information content (AvgIpc) is 3.23. The molecule has 122 valence electrons. The first kappa shape index (κ1) is 14.9. The predicted molar refractivity (Wildman–Crippen MR) is 108 cm³/mol. The Bertz CT molecular complexity index is 916. The van der Waals surface area contributed by atoms with E-state index in [1.807, 2.05) is 23.9 Å². The molecule has 2 aliphatic heterocycles. The third-order valence-corrected chi connectivity index (χ3v) is 6.84. The molecular formula is C20H15N3S2. The van der Waals surface area contributed by atoms with Crippen LogP contribution in [0, 0.1) is 0 Å². The summed E-state index contributed by atoms with van der Waals surface area (Å²) in [6.07, 6.45) is 0. The molecule has 2 aliphatic rings. The van der Waals surface area contributed by atoms with Crippen LogP contribution >= 0.6 is 23.5 Å². The number of nitrogens with zero attached hydrogens (tertiary/aromatic N) is 2. The van der Waals surface area contributed by atoms with Crippen LogP contribution in [0.2, 0.25) is 0 Å². The largest absolute Gasteiger partial charge is 0.342 e. The van der Waals surface area contributed by atoms with Gasteiger partial charge in [-0.25, -0.2) is 5.01 Å². The second kappa shape index (κ2) is 5.86. The summed E-state index contributed by atoms with van der Waals surface area (Å²) in [6, 6.07) is 29.1. The Hall–Kier alpha value is -2.37. The van der Waals surface area contributed by atoms with Crippen LogP contribution in [0.15, 0.2) is 94.9 Å². The molecule has 25 heavy (non-hydrogen) atoms. The maximum Gasteiger partial charge on any atom is 0.239 e. The predicted octanol–water partition coefficient (Wildman–Crippen LogP) is 5.43. The van der Waals surface area contributed by atoms with E-state index in [4.69, 9.17) is 5.10 Å². The lowest BCUT2D eigenvalue weighted by Crippen LogP contribution is -2.41. The smallest absolute Gasteiger partial charge is 0.239 e. The van der Waals surface area contributed by atoms with Gasteiger partial charge in [0.05, 0.1) is 11.4 Å². The fraction of sp³-hybridized carbons (Fsp3) is 0.0500. The first-order valence-corrected chi connectivity index (χ1v) is 9.72. The van der Waals surface area contributed by atoms with Gasteiger partial charge in [0.1, 0.15) is 5.04 Å². The van der Waals surface area contributed by atoms with Gasteiger partial charge in [-0.15, -0.1) is 0 Å². The van der Waals surface area contributed by atoms with Gasteiger partial charge in [0.15, 0.2) is 0 Å². The third kappa shape index (κ3) is 2.51. The van der Waals surface area contributed by atoms with Gasteiger partial charge in [0.25, 0.3) is 0 Å². The molecule has 0 unspecified atom stereocenters. The standard InChI is InChI=1S/C20H15N3S2/c1-3-9-15(10-4-1)19-22-23(16-11-5-2-6-12-16)20(25-19)21-17-13-7-8-14-18(17)24-20/h1-14,21H/t20-/m0/s1. The van der Waals surface area contributed by atoms with Crippen molar-refractivity contribution in [3.63, 3.8) is 0 Å². The minimum absolute atomic E-state index is 0.393. The number of hydrogen-bond donors (Lipinski definition) is 1. The number of hydrazone groups is 1. The van der Waals surface area contributed by atoms with Gasteiger partial charge >= 0.3 is 0 Å². The Morgan fingerprint density at radius 2 is 1.44 bits per heavy atom. The summed E-state index contributed by atoms with van der Waals surface area (Å²) < 4.78 is -0.393. The van der Waals surface area contributed by atoms with E-state index in [1.165, 1.54) is 4.90 Å². The Morgan fingerprint density at radius 3 is 2.20 bits per heavy atom. The molecule has 0 bridgehead atoms. The highest BCUT2D eigenvalue weighted by atomic mass is 32.2. The first-order chi connectivity index (χ1) is 12.3. The highest BCUT2D eigenvalue weighted by molar-refractivity contribution is 8.27. The van der Waals surface area contributed by atoms with E-state index >= 15 is 0 Å². The number of benzene rings is 3. The summed E-state index contributed by atoms with van der Waals surface area (Å²) in [5, 5.41) is 11.8. The minimum Gasteiger partial charge on any atom is -0.342 e. The van der Waals surface area contributed by atoms with E-state index < -0.39 is 4.33 Å². The minimum atomic E-state index is -0.393. The Balaban J connectivity index is 1.60. The number of anilines is 2. The topological polar surface area (TPSA) is 27.6 Å². The van der Waals surface area contributed by atoms with Crippen LogP contribution in [0.4, 0.5) is 11.4 Å². The highest BCUT2D eigenvalue weighted by Crippen LogP contribution is 2.57. The van der Waals surface area contributed by atoms with E-state index in [-0.39, 0.29) is 0 Å². The van der Waals surface area contributed by atoms with Crippen molar-refractivity contribution in [3.8, 4) is 0 Å². The Kier molecular flexibility index (Phi) is 3.50. The van der Waals surface area contributed by atoms with Gasteiger partial charge in [0.2, 0.25) is 4.33 Å². The number of fused-ring (bicyclic) bond motifs is 1. The molecule has 0 aliphatic carbocycles. The fourth-order valence-corrected chi connectivity index (χ4v) is 5.76. The fourth-order valence-electron chi connectivity index (χ4n) is 2.99. The van der Waals surface area contributed by atoms with Crippen LogP contribution in [0.1, 0.15) is 5.56 Å². The Labute approximate surface area is 155 Å². The van der Waals surface area contributed by atoms with Gasteiger partial charge < -0.3 is 5.32 Å². The molecule has 0 amide bonds. The van der Waals surface area contributed by atoms with Gasteiger partial charge in [-0.1, -0.05) is 72.4 Å². The summed E-state index contributed by atoms with van der Waals surface area (Å²) in [5.41, 5.74) is 3.38. The maximum absolute atomic E-state index is 4.98. The van der Waals surface area contributed by atoms with Crippen molar-refractivity contribution >= 4 is 39.9 Å². The van der Waals surface area contributed by atoms with Crippen molar-refractivity contribution in [1.82, 2.24) is 0 Å². The van der Waals surface area contributed by atoms with Crippen LogP contribution < -0.4 is 10.3 Å². The zero-order chi connectivity index (χ0) is 16.7. The van der Waals surface area contributed by atoms with E-state index in [2.05, 4.69) is 83.1 Å². The van der Waals surface area contributed by atoms with Crippen molar-refractivity contribution in [2.75, 3.05) is 10.3 Å². The molecule has 0 saturated heterocycles. The second-order valence-corrected chi connectivity index (χ2v) is 8.50. The van der Waals surface area contributed by atoms with E-state index in [1.54, 1.807) is 11.8 Å². The summed E-state index contributed by atoms with van der Waals surface area (Å²) in [7, 11) is 0. The van der Waals surface area contributed by atoms with Gasteiger partial charge in [-0.2, -0.15) is 5.10 Å². The molecule has 0 fully saturated rings. The molecular weight excluding hydrogens is 346 g/mol. The van der Waals surface area contributed by atoms with Crippen molar-refractivity contribution in [3.05, 3.63) is 90.5 Å². The SMILES string of the molecule is c1ccc(C2=NN(c3ccccc3)[C@]3(Nc4ccccc4S3)S2)cc1. The molecule has 2 heterocycles. The van der Waals surface area contributed by atoms with Crippen molar-refractivity contribution in [1.29, 1.82) is 0 Å². The Morgan fingerprint density at radius 1 is 0.760 bits per heavy atom. The lowest BCUT2D eigenvalue weighted by Gasteiger charge is -2.32. The summed E-state index contributed by atoms with van der Waals surface area (Å²) in [5.74, 6) is 0. The van der Waals surface area contributed by atoms with Crippen molar-refractivity contribution in [2.45, 2.75) is 9.22 Å². The molecule has 5 rings (SSSR count). The average molecular weight is 361 g/mol. The quantitative estimate of drug-likeness (QED) is 0.658. The lowest BCUT2D eigenvalue weighted by molar-refractivity contribution is 0.834. The second-order valence-electron chi connectivity index (χ2n) is 5.83. The molecule has 3 aromatic rings. The highest BCUT2D eigenvalue weighted by Gasteiger charge is 2.50. The number of nitrogens with one attached hydrogen (secondary N) is 1. The van der Waals surface area contributed by atoms with Crippen LogP contribution in [-0.4, -0.2) is 9.37 Å². The molecule has 5 heteroatoms. The van der Waals surface area contributed by atoms with Crippen molar-refractivity contribution < 1.29 is 0 Å². The van der Waals surface area contributed by atoms with Crippen LogP contribution in [0.5, 0.6) is 0 Å². The first-order valence-electron chi connectivity index (χ1n) is 8.09. The molecule has 3 nitrogen and oxygen atoms in total. The molecule has 0 aromatic heterocycles. The van der Waals surface area contributed by atoms with Crippen LogP contribution in [0.3, 0.4) is 0 Å². The van der Waals surface area contributed by atoms with E-state index in [9.17, 15) is 0 Å². The number of para-hydroxylation sites is 2. The summed E-state index contributed by atoms with van der Waals surface area (Å²) >= 11 is 3.57. The van der Waals surface area contributed by atoms with E-state index in [0.29, 0.717) is 0 Å². The number of thioether (sulfide) groups is 2. The molecule has 1 N–H and O–H groups in total.